The van der Waals surface area contributed by atoms with Crippen LogP contribution < -0.4 is 0 Å². The molecular formula is C18H19F3N2O3. The quantitative estimate of drug-likeness (QED) is 0.887. The first kappa shape index (κ1) is 17.3. The largest absolute Gasteiger partial charge is 0.481 e. The Morgan fingerprint density at radius 1 is 1.19 bits per heavy atom. The fraction of sp³-hybridized carbons (Fsp3) is 0.611. The van der Waals surface area contributed by atoms with E-state index in [1.807, 2.05) is 0 Å². The predicted molar refractivity (Wildman–Crippen MR) is 84.6 cm³/mol. The number of carboxylic acid groups (broad SMARTS) is 1. The third kappa shape index (κ3) is 2.66. The van der Waals surface area contributed by atoms with Crippen LogP contribution in [0.3, 0.4) is 0 Å². The second-order valence-corrected chi connectivity index (χ2v) is 7.56. The van der Waals surface area contributed by atoms with Gasteiger partial charge in [-0.05, 0) is 44.2 Å². The van der Waals surface area contributed by atoms with E-state index in [9.17, 15) is 27.9 Å². The monoisotopic (exact) mass is 368 g/mol. The highest BCUT2D eigenvalue weighted by atomic mass is 19.4. The molecule has 1 aromatic rings. The van der Waals surface area contributed by atoms with Crippen molar-refractivity contribution in [2.75, 3.05) is 6.54 Å². The molecule has 1 N–H and O–H groups in total. The van der Waals surface area contributed by atoms with Crippen LogP contribution in [0.15, 0.2) is 12.1 Å². The third-order valence-corrected chi connectivity index (χ3v) is 5.98. The number of amides is 1. The molecule has 2 saturated carbocycles. The molecule has 0 bridgehead atoms. The number of pyridine rings is 1. The zero-order chi connectivity index (χ0) is 18.7. The van der Waals surface area contributed by atoms with E-state index in [-0.39, 0.29) is 18.0 Å². The number of hydrogen-bond acceptors (Lipinski definition) is 3. The molecule has 5 nitrogen and oxygen atoms in total. The van der Waals surface area contributed by atoms with Crippen molar-refractivity contribution in [3.05, 3.63) is 29.1 Å². The van der Waals surface area contributed by atoms with Gasteiger partial charge in [0.25, 0.3) is 5.91 Å². The number of rotatable bonds is 3. The Balaban J connectivity index is 1.68. The van der Waals surface area contributed by atoms with Crippen molar-refractivity contribution >= 4 is 11.9 Å². The van der Waals surface area contributed by atoms with Crippen LogP contribution in [0.5, 0.6) is 0 Å². The summed E-state index contributed by atoms with van der Waals surface area (Å²) in [7, 11) is 0. The number of aromatic nitrogens is 1. The molecule has 3 aliphatic rings. The van der Waals surface area contributed by atoms with Gasteiger partial charge in [-0.3, -0.25) is 9.59 Å². The normalized spacial score (nSPS) is 28.3. The molecule has 140 valence electrons. The van der Waals surface area contributed by atoms with Crippen LogP contribution in [-0.4, -0.2) is 39.5 Å². The van der Waals surface area contributed by atoms with Gasteiger partial charge in [-0.25, -0.2) is 4.98 Å². The van der Waals surface area contributed by atoms with Gasteiger partial charge in [0.05, 0.1) is 5.41 Å². The van der Waals surface area contributed by atoms with Crippen LogP contribution in [0.4, 0.5) is 13.2 Å². The Morgan fingerprint density at radius 3 is 2.54 bits per heavy atom. The SMILES string of the molecule is O=C(c1cc(C2CC2)nc(C(F)(F)F)c1)N1CCC2(C(=O)O)CCCC12. The van der Waals surface area contributed by atoms with Crippen molar-refractivity contribution in [1.82, 2.24) is 9.88 Å². The van der Waals surface area contributed by atoms with Crippen molar-refractivity contribution in [2.24, 2.45) is 5.41 Å². The fourth-order valence-corrected chi connectivity index (χ4v) is 4.45. The van der Waals surface area contributed by atoms with Crippen LogP contribution in [0.2, 0.25) is 0 Å². The smallest absolute Gasteiger partial charge is 0.433 e. The summed E-state index contributed by atoms with van der Waals surface area (Å²) < 4.78 is 39.6. The first-order chi connectivity index (χ1) is 12.2. The minimum Gasteiger partial charge on any atom is -0.481 e. The number of fused-ring (bicyclic) bond motifs is 1. The molecular weight excluding hydrogens is 349 g/mol. The molecule has 8 heteroatoms. The summed E-state index contributed by atoms with van der Waals surface area (Å²) in [5, 5.41) is 9.62. The first-order valence-corrected chi connectivity index (χ1v) is 8.86. The van der Waals surface area contributed by atoms with Crippen molar-refractivity contribution in [3.63, 3.8) is 0 Å². The van der Waals surface area contributed by atoms with E-state index in [4.69, 9.17) is 0 Å². The van der Waals surface area contributed by atoms with Gasteiger partial charge in [-0.2, -0.15) is 13.2 Å². The van der Waals surface area contributed by atoms with Crippen LogP contribution in [0.25, 0.3) is 0 Å². The maximum absolute atomic E-state index is 13.2. The molecule has 0 radical (unpaired) electrons. The predicted octanol–water partition coefficient (Wildman–Crippen LogP) is 3.45. The summed E-state index contributed by atoms with van der Waals surface area (Å²) in [4.78, 5) is 29.9. The molecule has 2 atom stereocenters. The number of carbonyl (C=O) groups is 2. The van der Waals surface area contributed by atoms with E-state index in [1.165, 1.54) is 11.0 Å². The molecule has 26 heavy (non-hydrogen) atoms. The van der Waals surface area contributed by atoms with Gasteiger partial charge < -0.3 is 10.0 Å². The number of halogens is 3. The standard InChI is InChI=1S/C18H19F3N2O3/c19-18(20,21)13-9-11(8-12(22-13)10-3-4-10)15(24)23-7-6-17(16(25)26)5-1-2-14(17)23/h8-10,14H,1-7H2,(H,25,26). The molecule has 1 amide bonds. The van der Waals surface area contributed by atoms with E-state index in [0.29, 0.717) is 31.4 Å². The number of alkyl halides is 3. The molecule has 2 heterocycles. The Labute approximate surface area is 148 Å². The molecule has 2 aliphatic carbocycles. The zero-order valence-electron chi connectivity index (χ0n) is 14.1. The molecule has 0 spiro atoms. The topological polar surface area (TPSA) is 70.5 Å². The van der Waals surface area contributed by atoms with Gasteiger partial charge in [0.15, 0.2) is 0 Å². The van der Waals surface area contributed by atoms with Crippen molar-refractivity contribution < 1.29 is 27.9 Å². The van der Waals surface area contributed by atoms with Gasteiger partial charge in [-0.15, -0.1) is 0 Å². The molecule has 3 fully saturated rings. The van der Waals surface area contributed by atoms with Gasteiger partial charge in [0.1, 0.15) is 5.69 Å². The minimum atomic E-state index is -4.62. The summed E-state index contributed by atoms with van der Waals surface area (Å²) in [5.74, 6) is -1.46. The average Bonchev–Trinajstić information content (AvgIpc) is 3.23. The Bertz CT molecular complexity index is 775. The summed E-state index contributed by atoms with van der Waals surface area (Å²) in [6.45, 7) is 0.262. The van der Waals surface area contributed by atoms with Crippen molar-refractivity contribution in [3.8, 4) is 0 Å². The lowest BCUT2D eigenvalue weighted by Gasteiger charge is -2.29. The molecule has 4 rings (SSSR count). The fourth-order valence-electron chi connectivity index (χ4n) is 4.45. The van der Waals surface area contributed by atoms with E-state index in [2.05, 4.69) is 4.98 Å². The number of carbonyl (C=O) groups excluding carboxylic acids is 1. The number of aliphatic carboxylic acids is 1. The maximum atomic E-state index is 13.2. The van der Waals surface area contributed by atoms with Crippen LogP contribution in [-0.2, 0) is 11.0 Å². The summed E-state index contributed by atoms with van der Waals surface area (Å²) in [5.41, 5.74) is -1.74. The lowest BCUT2D eigenvalue weighted by atomic mass is 9.82. The van der Waals surface area contributed by atoms with E-state index >= 15 is 0 Å². The zero-order valence-corrected chi connectivity index (χ0v) is 14.1. The number of nitrogens with zero attached hydrogens (tertiary/aromatic N) is 2. The molecule has 0 aromatic carbocycles. The van der Waals surface area contributed by atoms with Crippen LogP contribution in [0.1, 0.15) is 66.2 Å². The average molecular weight is 368 g/mol. The number of carboxylic acids is 1. The summed E-state index contributed by atoms with van der Waals surface area (Å²) in [6.07, 6.45) is -0.932. The molecule has 1 aliphatic heterocycles. The van der Waals surface area contributed by atoms with Gasteiger partial charge in [-0.1, -0.05) is 6.42 Å². The second-order valence-electron chi connectivity index (χ2n) is 7.56. The van der Waals surface area contributed by atoms with E-state index < -0.39 is 35.2 Å². The lowest BCUT2D eigenvalue weighted by molar-refractivity contribution is -0.149. The van der Waals surface area contributed by atoms with Gasteiger partial charge in [0.2, 0.25) is 0 Å². The lowest BCUT2D eigenvalue weighted by Crippen LogP contribution is -2.43. The number of likely N-dealkylation sites (tertiary alicyclic amines) is 1. The highest BCUT2D eigenvalue weighted by Gasteiger charge is 2.56. The second kappa shape index (κ2) is 5.69. The summed E-state index contributed by atoms with van der Waals surface area (Å²) in [6, 6.07) is 1.80. The Kier molecular flexibility index (Phi) is 3.79. The van der Waals surface area contributed by atoms with Crippen LogP contribution in [0, 0.1) is 5.41 Å². The van der Waals surface area contributed by atoms with Crippen molar-refractivity contribution in [2.45, 2.75) is 56.7 Å². The molecule has 1 saturated heterocycles. The Morgan fingerprint density at radius 2 is 1.92 bits per heavy atom. The van der Waals surface area contributed by atoms with Crippen LogP contribution >= 0.6 is 0 Å². The molecule has 1 aromatic heterocycles. The van der Waals surface area contributed by atoms with E-state index in [0.717, 1.165) is 18.9 Å². The molecule has 2 unspecified atom stereocenters. The number of hydrogen-bond donors (Lipinski definition) is 1. The van der Waals surface area contributed by atoms with Crippen molar-refractivity contribution in [1.29, 1.82) is 0 Å². The first-order valence-electron chi connectivity index (χ1n) is 8.86. The Hall–Kier alpha value is -2.12. The summed E-state index contributed by atoms with van der Waals surface area (Å²) >= 11 is 0. The maximum Gasteiger partial charge on any atom is 0.433 e. The van der Waals surface area contributed by atoms with Gasteiger partial charge in [0, 0.05) is 29.8 Å². The highest BCUT2D eigenvalue weighted by molar-refractivity contribution is 5.96. The third-order valence-electron chi connectivity index (χ3n) is 5.98. The van der Waals surface area contributed by atoms with Gasteiger partial charge >= 0.3 is 12.1 Å². The van der Waals surface area contributed by atoms with E-state index in [1.54, 1.807) is 0 Å². The highest BCUT2D eigenvalue weighted by Crippen LogP contribution is 2.49. The minimum absolute atomic E-state index is 0.0213.